The van der Waals surface area contributed by atoms with E-state index in [-0.39, 0.29) is 18.3 Å². The van der Waals surface area contributed by atoms with Crippen LogP contribution in [0.25, 0.3) is 0 Å². The van der Waals surface area contributed by atoms with Gasteiger partial charge in [-0.15, -0.1) is 0 Å². The van der Waals surface area contributed by atoms with Crippen LogP contribution in [0.1, 0.15) is 53.7 Å². The Balaban J connectivity index is 2.16. The third-order valence-corrected chi connectivity index (χ3v) is 3.85. The predicted octanol–water partition coefficient (Wildman–Crippen LogP) is 3.24. The Bertz CT molecular complexity index is 682. The second kappa shape index (κ2) is 8.24. The maximum Gasteiger partial charge on any atom is 0.307 e. The van der Waals surface area contributed by atoms with Crippen LogP contribution in [-0.2, 0) is 9.53 Å². The van der Waals surface area contributed by atoms with Gasteiger partial charge in [-0.3, -0.25) is 14.6 Å². The van der Waals surface area contributed by atoms with E-state index in [2.05, 4.69) is 24.1 Å². The molecule has 1 unspecified atom stereocenters. The van der Waals surface area contributed by atoms with Crippen LogP contribution in [-0.4, -0.2) is 24.0 Å². The number of ether oxygens (including phenoxy) is 1. The lowest BCUT2D eigenvalue weighted by atomic mass is 10.0. The van der Waals surface area contributed by atoms with Crippen molar-refractivity contribution in [2.45, 2.75) is 32.2 Å². The molecule has 0 aliphatic heterocycles. The minimum atomic E-state index is -0.460. The number of hydrogen-bond donors (Lipinski definition) is 1. The summed E-state index contributed by atoms with van der Waals surface area (Å²) in [4.78, 5) is 28.1. The molecule has 0 bridgehead atoms. The van der Waals surface area contributed by atoms with Gasteiger partial charge in [0.1, 0.15) is 0 Å². The molecule has 1 atom stereocenters. The first kappa shape index (κ1) is 17.7. The highest BCUT2D eigenvalue weighted by molar-refractivity contribution is 5.94. The average Bonchev–Trinajstić information content (AvgIpc) is 2.61. The van der Waals surface area contributed by atoms with Gasteiger partial charge in [0.15, 0.2) is 0 Å². The van der Waals surface area contributed by atoms with E-state index in [1.165, 1.54) is 12.7 Å². The zero-order chi connectivity index (χ0) is 17.5. The summed E-state index contributed by atoms with van der Waals surface area (Å²) in [5.41, 5.74) is 2.54. The van der Waals surface area contributed by atoms with Gasteiger partial charge in [0, 0.05) is 18.0 Å². The second-order valence-electron chi connectivity index (χ2n) is 5.86. The van der Waals surface area contributed by atoms with Gasteiger partial charge in [0.2, 0.25) is 0 Å². The van der Waals surface area contributed by atoms with E-state index in [9.17, 15) is 9.59 Å². The van der Waals surface area contributed by atoms with Crippen LogP contribution in [0.3, 0.4) is 0 Å². The zero-order valence-electron chi connectivity index (χ0n) is 14.2. The number of aromatic nitrogens is 1. The highest BCUT2D eigenvalue weighted by atomic mass is 16.5. The van der Waals surface area contributed by atoms with Crippen LogP contribution < -0.4 is 5.32 Å². The molecule has 1 aromatic carbocycles. The SMILES string of the molecule is COC(=O)CC(NC(=O)c1ccc(C(C)C)cc1)c1ccncc1. The lowest BCUT2D eigenvalue weighted by Crippen LogP contribution is -2.30. The summed E-state index contributed by atoms with van der Waals surface area (Å²) in [5, 5.41) is 2.90. The van der Waals surface area contributed by atoms with Crippen molar-refractivity contribution in [2.75, 3.05) is 7.11 Å². The van der Waals surface area contributed by atoms with E-state index in [0.29, 0.717) is 11.5 Å². The molecule has 5 nitrogen and oxygen atoms in total. The van der Waals surface area contributed by atoms with Crippen LogP contribution in [0.5, 0.6) is 0 Å². The topological polar surface area (TPSA) is 68.3 Å². The smallest absolute Gasteiger partial charge is 0.307 e. The number of nitrogens with one attached hydrogen (secondary N) is 1. The van der Waals surface area contributed by atoms with Gasteiger partial charge in [0.05, 0.1) is 19.6 Å². The molecular weight excluding hydrogens is 304 g/mol. The molecule has 1 N–H and O–H groups in total. The summed E-state index contributed by atoms with van der Waals surface area (Å²) < 4.78 is 4.73. The van der Waals surface area contributed by atoms with Gasteiger partial charge in [-0.2, -0.15) is 0 Å². The van der Waals surface area contributed by atoms with Gasteiger partial charge in [-0.1, -0.05) is 26.0 Å². The van der Waals surface area contributed by atoms with Crippen molar-refractivity contribution in [1.82, 2.24) is 10.3 Å². The Hall–Kier alpha value is -2.69. The number of hydrogen-bond acceptors (Lipinski definition) is 4. The molecule has 24 heavy (non-hydrogen) atoms. The molecule has 1 amide bonds. The molecule has 2 aromatic rings. The number of amides is 1. The van der Waals surface area contributed by atoms with Crippen LogP contribution in [0.4, 0.5) is 0 Å². The number of esters is 1. The molecule has 126 valence electrons. The first-order chi connectivity index (χ1) is 11.5. The molecule has 0 aliphatic carbocycles. The molecule has 0 aliphatic rings. The van der Waals surface area contributed by atoms with Crippen molar-refractivity contribution in [3.05, 3.63) is 65.5 Å². The van der Waals surface area contributed by atoms with Crippen molar-refractivity contribution in [3.8, 4) is 0 Å². The van der Waals surface area contributed by atoms with Gasteiger partial charge >= 0.3 is 5.97 Å². The van der Waals surface area contributed by atoms with E-state index in [1.807, 2.05) is 12.1 Å². The molecule has 0 spiro atoms. The fraction of sp³-hybridized carbons (Fsp3) is 0.316. The molecule has 1 aromatic heterocycles. The molecular formula is C19H22N2O3. The van der Waals surface area contributed by atoms with Crippen LogP contribution in [0.2, 0.25) is 0 Å². The van der Waals surface area contributed by atoms with E-state index in [0.717, 1.165) is 5.56 Å². The first-order valence-electron chi connectivity index (χ1n) is 7.88. The summed E-state index contributed by atoms with van der Waals surface area (Å²) >= 11 is 0. The second-order valence-corrected chi connectivity index (χ2v) is 5.86. The standard InChI is InChI=1S/C19H22N2O3/c1-13(2)14-4-6-16(7-5-14)19(23)21-17(12-18(22)24-3)15-8-10-20-11-9-15/h4-11,13,17H,12H2,1-3H3,(H,21,23). The summed E-state index contributed by atoms with van der Waals surface area (Å²) in [7, 11) is 1.33. The fourth-order valence-corrected chi connectivity index (χ4v) is 2.36. The van der Waals surface area contributed by atoms with Gasteiger partial charge in [-0.25, -0.2) is 0 Å². The van der Waals surface area contributed by atoms with Crippen molar-refractivity contribution in [2.24, 2.45) is 0 Å². The molecule has 1 heterocycles. The van der Waals surface area contributed by atoms with Crippen LogP contribution in [0, 0.1) is 0 Å². The molecule has 5 heteroatoms. The third-order valence-electron chi connectivity index (χ3n) is 3.85. The number of methoxy groups -OCH3 is 1. The van der Waals surface area contributed by atoms with Crippen molar-refractivity contribution in [3.63, 3.8) is 0 Å². The summed E-state index contributed by atoms with van der Waals surface area (Å²) in [6.07, 6.45) is 3.32. The highest BCUT2D eigenvalue weighted by Gasteiger charge is 2.19. The van der Waals surface area contributed by atoms with Crippen LogP contribution in [0.15, 0.2) is 48.8 Å². The number of carbonyl (C=O) groups is 2. The maximum atomic E-state index is 12.5. The Labute approximate surface area is 142 Å². The maximum absolute atomic E-state index is 12.5. The largest absolute Gasteiger partial charge is 0.469 e. The third kappa shape index (κ3) is 4.65. The van der Waals surface area contributed by atoms with Crippen molar-refractivity contribution >= 4 is 11.9 Å². The number of rotatable bonds is 6. The molecule has 0 radical (unpaired) electrons. The highest BCUT2D eigenvalue weighted by Crippen LogP contribution is 2.19. The van der Waals surface area contributed by atoms with Crippen molar-refractivity contribution < 1.29 is 14.3 Å². The van der Waals surface area contributed by atoms with Crippen LogP contribution >= 0.6 is 0 Å². The first-order valence-corrected chi connectivity index (χ1v) is 7.88. The zero-order valence-corrected chi connectivity index (χ0v) is 14.2. The number of nitrogens with zero attached hydrogens (tertiary/aromatic N) is 1. The predicted molar refractivity (Wildman–Crippen MR) is 91.6 cm³/mol. The number of benzene rings is 1. The molecule has 2 rings (SSSR count). The Morgan fingerprint density at radius 3 is 2.21 bits per heavy atom. The molecule has 0 saturated carbocycles. The monoisotopic (exact) mass is 326 g/mol. The summed E-state index contributed by atoms with van der Waals surface area (Å²) in [6, 6.07) is 10.6. The fourth-order valence-electron chi connectivity index (χ4n) is 2.36. The van der Waals surface area contributed by atoms with Crippen molar-refractivity contribution in [1.29, 1.82) is 0 Å². The number of pyridine rings is 1. The molecule has 0 saturated heterocycles. The van der Waals surface area contributed by atoms with E-state index in [1.54, 1.807) is 36.7 Å². The lowest BCUT2D eigenvalue weighted by molar-refractivity contribution is -0.141. The quantitative estimate of drug-likeness (QED) is 0.828. The average molecular weight is 326 g/mol. The Kier molecular flexibility index (Phi) is 6.07. The van der Waals surface area contributed by atoms with E-state index in [4.69, 9.17) is 4.74 Å². The molecule has 0 fully saturated rings. The van der Waals surface area contributed by atoms with Gasteiger partial charge in [-0.05, 0) is 41.3 Å². The van der Waals surface area contributed by atoms with Gasteiger partial charge < -0.3 is 10.1 Å². The van der Waals surface area contributed by atoms with E-state index >= 15 is 0 Å². The summed E-state index contributed by atoms with van der Waals surface area (Å²) in [6.45, 7) is 4.20. The lowest BCUT2D eigenvalue weighted by Gasteiger charge is -2.18. The minimum absolute atomic E-state index is 0.0658. The number of carbonyl (C=O) groups excluding carboxylic acids is 2. The Morgan fingerprint density at radius 2 is 1.67 bits per heavy atom. The van der Waals surface area contributed by atoms with Gasteiger partial charge in [0.25, 0.3) is 5.91 Å². The van der Waals surface area contributed by atoms with E-state index < -0.39 is 6.04 Å². The normalized spacial score (nSPS) is 11.8. The summed E-state index contributed by atoms with van der Waals surface area (Å²) in [5.74, 6) is -0.200. The minimum Gasteiger partial charge on any atom is -0.469 e. The Morgan fingerprint density at radius 1 is 1.04 bits per heavy atom.